The van der Waals surface area contributed by atoms with Gasteiger partial charge in [-0.3, -0.25) is 9.97 Å². The summed E-state index contributed by atoms with van der Waals surface area (Å²) >= 11 is 0. The van der Waals surface area contributed by atoms with Crippen molar-refractivity contribution in [3.8, 4) is 22.6 Å². The van der Waals surface area contributed by atoms with Crippen LogP contribution in [0.3, 0.4) is 0 Å². The number of benzene rings is 2. The van der Waals surface area contributed by atoms with E-state index in [2.05, 4.69) is 20.0 Å². The number of pyridine rings is 2. The van der Waals surface area contributed by atoms with E-state index in [1.807, 2.05) is 97.1 Å². The summed E-state index contributed by atoms with van der Waals surface area (Å²) in [6.07, 6.45) is 3.38. The predicted molar refractivity (Wildman–Crippen MR) is 139 cm³/mol. The van der Waals surface area contributed by atoms with Crippen molar-refractivity contribution in [3.63, 3.8) is 0 Å². The third-order valence-corrected chi connectivity index (χ3v) is 5.26. The SMILES string of the molecule is NC(=Nc1ccc(-c2ccc(-c3ccc(N=C(N)c4ccccn4)cc3)o2)cc1)c1ccccn1. The molecule has 0 spiro atoms. The van der Waals surface area contributed by atoms with E-state index in [4.69, 9.17) is 15.9 Å². The molecule has 35 heavy (non-hydrogen) atoms. The van der Waals surface area contributed by atoms with Crippen LogP contribution in [0.5, 0.6) is 0 Å². The minimum Gasteiger partial charge on any atom is -0.456 e. The summed E-state index contributed by atoms with van der Waals surface area (Å²) in [7, 11) is 0. The number of amidine groups is 2. The molecule has 3 aromatic heterocycles. The van der Waals surface area contributed by atoms with Crippen molar-refractivity contribution in [2.45, 2.75) is 0 Å². The molecule has 7 heteroatoms. The van der Waals surface area contributed by atoms with Crippen molar-refractivity contribution in [2.75, 3.05) is 0 Å². The van der Waals surface area contributed by atoms with Crippen molar-refractivity contribution in [1.82, 2.24) is 9.97 Å². The molecule has 3 heterocycles. The normalized spacial score (nSPS) is 12.0. The summed E-state index contributed by atoms with van der Waals surface area (Å²) in [5.74, 6) is 2.26. The molecule has 5 rings (SSSR count). The van der Waals surface area contributed by atoms with Crippen LogP contribution in [0.15, 0.2) is 124 Å². The molecule has 0 aliphatic carbocycles. The van der Waals surface area contributed by atoms with Gasteiger partial charge in [0.25, 0.3) is 0 Å². The third kappa shape index (κ3) is 5.15. The number of furan rings is 1. The van der Waals surface area contributed by atoms with Gasteiger partial charge in [-0.15, -0.1) is 0 Å². The van der Waals surface area contributed by atoms with Crippen LogP contribution in [0.25, 0.3) is 22.6 Å². The molecular formula is C28H22N6O. The first-order valence-corrected chi connectivity index (χ1v) is 11.0. The molecule has 0 unspecified atom stereocenters. The van der Waals surface area contributed by atoms with E-state index in [1.54, 1.807) is 12.4 Å². The average molecular weight is 459 g/mol. The van der Waals surface area contributed by atoms with Gasteiger partial charge in [0.15, 0.2) is 0 Å². The molecule has 0 aliphatic rings. The minimum absolute atomic E-state index is 0.369. The van der Waals surface area contributed by atoms with Crippen molar-refractivity contribution < 1.29 is 4.42 Å². The summed E-state index contributed by atoms with van der Waals surface area (Å²) in [5, 5.41) is 0. The highest BCUT2D eigenvalue weighted by molar-refractivity contribution is 5.97. The quantitative estimate of drug-likeness (QED) is 0.258. The van der Waals surface area contributed by atoms with E-state index in [0.717, 1.165) is 34.0 Å². The maximum atomic E-state index is 6.10. The lowest BCUT2D eigenvalue weighted by Crippen LogP contribution is -2.14. The Hall–Kier alpha value is -5.04. The lowest BCUT2D eigenvalue weighted by molar-refractivity contribution is 0.597. The molecule has 5 aromatic rings. The van der Waals surface area contributed by atoms with Crippen molar-refractivity contribution >= 4 is 23.0 Å². The molecule has 2 aromatic carbocycles. The Kier molecular flexibility index (Phi) is 6.13. The third-order valence-electron chi connectivity index (χ3n) is 5.26. The summed E-state index contributed by atoms with van der Waals surface area (Å²) in [6.45, 7) is 0. The zero-order chi connectivity index (χ0) is 24.0. The van der Waals surface area contributed by atoms with E-state index in [-0.39, 0.29) is 0 Å². The van der Waals surface area contributed by atoms with Crippen LogP contribution < -0.4 is 11.5 Å². The number of aliphatic imine (C=N–C) groups is 2. The number of hydrogen-bond donors (Lipinski definition) is 2. The Morgan fingerprint density at radius 2 is 0.971 bits per heavy atom. The zero-order valence-corrected chi connectivity index (χ0v) is 18.7. The zero-order valence-electron chi connectivity index (χ0n) is 18.7. The first-order chi connectivity index (χ1) is 17.2. The molecule has 0 atom stereocenters. The molecule has 0 saturated carbocycles. The van der Waals surface area contributed by atoms with Gasteiger partial charge < -0.3 is 15.9 Å². The summed E-state index contributed by atoms with van der Waals surface area (Å²) in [6, 6.07) is 30.3. The maximum Gasteiger partial charge on any atom is 0.150 e. The van der Waals surface area contributed by atoms with Crippen LogP contribution >= 0.6 is 0 Å². The lowest BCUT2D eigenvalue weighted by Gasteiger charge is -2.02. The molecule has 0 bridgehead atoms. The fourth-order valence-electron chi connectivity index (χ4n) is 3.47. The molecule has 170 valence electrons. The van der Waals surface area contributed by atoms with Crippen LogP contribution in [0.4, 0.5) is 11.4 Å². The summed E-state index contributed by atoms with van der Waals surface area (Å²) in [5.41, 5.74) is 16.8. The highest BCUT2D eigenvalue weighted by atomic mass is 16.3. The number of aromatic nitrogens is 2. The Morgan fingerprint density at radius 1 is 0.543 bits per heavy atom. The van der Waals surface area contributed by atoms with E-state index in [9.17, 15) is 0 Å². The van der Waals surface area contributed by atoms with Crippen molar-refractivity contribution in [3.05, 3.63) is 121 Å². The molecular weight excluding hydrogens is 436 g/mol. The predicted octanol–water partition coefficient (Wildman–Crippen LogP) is 5.48. The fraction of sp³-hybridized carbons (Fsp3) is 0. The second-order valence-electron chi connectivity index (χ2n) is 7.68. The first-order valence-electron chi connectivity index (χ1n) is 11.0. The molecule has 0 fully saturated rings. The molecule has 0 amide bonds. The fourth-order valence-corrected chi connectivity index (χ4v) is 3.47. The Balaban J connectivity index is 1.30. The second kappa shape index (κ2) is 9.84. The van der Waals surface area contributed by atoms with Gasteiger partial charge in [-0.1, -0.05) is 12.1 Å². The summed E-state index contributed by atoms with van der Waals surface area (Å²) in [4.78, 5) is 17.3. The molecule has 0 radical (unpaired) electrons. The first kappa shape index (κ1) is 21.8. The number of nitrogens with two attached hydrogens (primary N) is 2. The Labute approximate surface area is 202 Å². The number of hydrogen-bond acceptors (Lipinski definition) is 5. The van der Waals surface area contributed by atoms with Crippen LogP contribution in [0.1, 0.15) is 11.4 Å². The second-order valence-corrected chi connectivity index (χ2v) is 7.68. The van der Waals surface area contributed by atoms with Crippen molar-refractivity contribution in [1.29, 1.82) is 0 Å². The Morgan fingerprint density at radius 3 is 1.34 bits per heavy atom. The topological polar surface area (TPSA) is 116 Å². The molecule has 0 aliphatic heterocycles. The smallest absolute Gasteiger partial charge is 0.150 e. The number of nitrogens with zero attached hydrogens (tertiary/aromatic N) is 4. The van der Waals surface area contributed by atoms with Gasteiger partial charge in [0, 0.05) is 23.5 Å². The van der Waals surface area contributed by atoms with Gasteiger partial charge in [-0.2, -0.15) is 0 Å². The van der Waals surface area contributed by atoms with Gasteiger partial charge in [-0.05, 0) is 84.9 Å². The van der Waals surface area contributed by atoms with Gasteiger partial charge >= 0.3 is 0 Å². The van der Waals surface area contributed by atoms with E-state index in [1.165, 1.54) is 0 Å². The standard InChI is InChI=1S/C28H22N6O/c29-27(23-5-1-3-17-31-23)33-21-11-7-19(8-12-21)25-15-16-26(35-25)20-9-13-22(14-10-20)34-28(30)24-6-2-4-18-32-24/h1-18H,(H2,29,33)(H2,30,34). The van der Waals surface area contributed by atoms with Gasteiger partial charge in [0.05, 0.1) is 11.4 Å². The number of rotatable bonds is 6. The summed E-state index contributed by atoms with van der Waals surface area (Å²) < 4.78 is 6.10. The van der Waals surface area contributed by atoms with Crippen LogP contribution in [0.2, 0.25) is 0 Å². The lowest BCUT2D eigenvalue weighted by atomic mass is 10.1. The highest BCUT2D eigenvalue weighted by Crippen LogP contribution is 2.30. The van der Waals surface area contributed by atoms with Crippen molar-refractivity contribution in [2.24, 2.45) is 21.5 Å². The molecule has 4 N–H and O–H groups in total. The highest BCUT2D eigenvalue weighted by Gasteiger charge is 2.08. The van der Waals surface area contributed by atoms with Gasteiger partial charge in [0.1, 0.15) is 34.6 Å². The monoisotopic (exact) mass is 458 g/mol. The average Bonchev–Trinajstić information content (AvgIpc) is 3.41. The molecule has 0 saturated heterocycles. The Bertz CT molecular complexity index is 1360. The maximum absolute atomic E-state index is 6.10. The molecule has 7 nitrogen and oxygen atoms in total. The minimum atomic E-state index is 0.369. The van der Waals surface area contributed by atoms with Crippen LogP contribution in [0, 0.1) is 0 Å². The van der Waals surface area contributed by atoms with Crippen LogP contribution in [-0.2, 0) is 0 Å². The van der Waals surface area contributed by atoms with E-state index < -0.39 is 0 Å². The van der Waals surface area contributed by atoms with Gasteiger partial charge in [-0.25, -0.2) is 9.98 Å². The largest absolute Gasteiger partial charge is 0.456 e. The van der Waals surface area contributed by atoms with E-state index in [0.29, 0.717) is 23.1 Å². The van der Waals surface area contributed by atoms with Gasteiger partial charge in [0.2, 0.25) is 0 Å². The van der Waals surface area contributed by atoms with Crippen LogP contribution in [-0.4, -0.2) is 21.6 Å². The van der Waals surface area contributed by atoms with E-state index >= 15 is 0 Å².